The van der Waals surface area contributed by atoms with Gasteiger partial charge in [-0.1, -0.05) is 18.2 Å². The van der Waals surface area contributed by atoms with E-state index in [1.54, 1.807) is 11.7 Å². The molecule has 2 rings (SSSR count). The van der Waals surface area contributed by atoms with E-state index in [4.69, 9.17) is 0 Å². The fourth-order valence-corrected chi connectivity index (χ4v) is 1.77. The number of nitrogens with zero attached hydrogens (tertiary/aromatic N) is 3. The number of carbonyl (C=O) groups excluding carboxylic acids is 1. The summed E-state index contributed by atoms with van der Waals surface area (Å²) in [6, 6.07) is 5.78. The summed E-state index contributed by atoms with van der Waals surface area (Å²) in [5.74, 6) is 0.776. The van der Waals surface area contributed by atoms with Crippen molar-refractivity contribution in [3.8, 4) is 0 Å². The Balaban J connectivity index is 2.27. The van der Waals surface area contributed by atoms with Crippen molar-refractivity contribution in [2.24, 2.45) is 7.05 Å². The topological polar surface area (TPSA) is 47.8 Å². The first-order valence-electron chi connectivity index (χ1n) is 5.52. The Bertz CT molecular complexity index is 558. The largest absolute Gasteiger partial charge is 0.294 e. The van der Waals surface area contributed by atoms with Crippen molar-refractivity contribution in [1.29, 1.82) is 0 Å². The molecule has 2 aromatic rings. The molecule has 0 aliphatic heterocycles. The third kappa shape index (κ3) is 2.25. The van der Waals surface area contributed by atoms with Crippen molar-refractivity contribution < 1.29 is 4.79 Å². The van der Waals surface area contributed by atoms with Gasteiger partial charge in [0.05, 0.1) is 6.42 Å². The fraction of sp³-hybridized carbons (Fsp3) is 0.308. The molecule has 0 saturated heterocycles. The molecule has 4 nitrogen and oxygen atoms in total. The Labute approximate surface area is 100 Å². The zero-order valence-corrected chi connectivity index (χ0v) is 10.3. The average Bonchev–Trinajstić information content (AvgIpc) is 2.68. The van der Waals surface area contributed by atoms with E-state index in [0.717, 1.165) is 16.7 Å². The van der Waals surface area contributed by atoms with Gasteiger partial charge in [-0.05, 0) is 25.0 Å². The molecule has 1 aromatic carbocycles. The zero-order chi connectivity index (χ0) is 12.4. The minimum Gasteiger partial charge on any atom is -0.294 e. The number of hydrogen-bond donors (Lipinski definition) is 0. The molecule has 0 radical (unpaired) electrons. The van der Waals surface area contributed by atoms with E-state index in [1.807, 2.05) is 32.0 Å². The first-order valence-corrected chi connectivity index (χ1v) is 5.52. The average molecular weight is 229 g/mol. The second kappa shape index (κ2) is 4.49. The van der Waals surface area contributed by atoms with Crippen molar-refractivity contribution in [2.45, 2.75) is 20.3 Å². The summed E-state index contributed by atoms with van der Waals surface area (Å²) in [5.41, 5.74) is 2.95. The smallest absolute Gasteiger partial charge is 0.170 e. The Morgan fingerprint density at radius 3 is 2.76 bits per heavy atom. The molecule has 0 aliphatic rings. The summed E-state index contributed by atoms with van der Waals surface area (Å²) in [6.45, 7) is 3.98. The van der Waals surface area contributed by atoms with E-state index in [9.17, 15) is 4.79 Å². The molecule has 0 amide bonds. The highest BCUT2D eigenvalue weighted by Gasteiger charge is 2.13. The van der Waals surface area contributed by atoms with Crippen LogP contribution in [-0.4, -0.2) is 20.5 Å². The van der Waals surface area contributed by atoms with E-state index < -0.39 is 0 Å². The van der Waals surface area contributed by atoms with Gasteiger partial charge in [0.15, 0.2) is 5.78 Å². The van der Waals surface area contributed by atoms with Gasteiger partial charge in [-0.25, -0.2) is 4.98 Å². The molecule has 1 heterocycles. The second-order valence-corrected chi connectivity index (χ2v) is 4.15. The first kappa shape index (κ1) is 11.5. The highest BCUT2D eigenvalue weighted by atomic mass is 16.1. The maximum Gasteiger partial charge on any atom is 0.170 e. The van der Waals surface area contributed by atoms with Gasteiger partial charge in [-0.2, -0.15) is 5.10 Å². The van der Waals surface area contributed by atoms with Crippen LogP contribution >= 0.6 is 0 Å². The van der Waals surface area contributed by atoms with Crippen LogP contribution in [0.4, 0.5) is 0 Å². The summed E-state index contributed by atoms with van der Waals surface area (Å²) in [4.78, 5) is 16.2. The van der Waals surface area contributed by atoms with Gasteiger partial charge in [-0.15, -0.1) is 0 Å². The summed E-state index contributed by atoms with van der Waals surface area (Å²) < 4.78 is 1.63. The van der Waals surface area contributed by atoms with E-state index in [-0.39, 0.29) is 5.78 Å². The third-order valence-corrected chi connectivity index (χ3v) is 3.03. The molecular weight excluding hydrogens is 214 g/mol. The number of carbonyl (C=O) groups is 1. The Morgan fingerprint density at radius 2 is 2.12 bits per heavy atom. The van der Waals surface area contributed by atoms with Crippen molar-refractivity contribution in [2.75, 3.05) is 0 Å². The molecular formula is C13H15N3O. The zero-order valence-electron chi connectivity index (χ0n) is 10.3. The number of benzene rings is 1. The van der Waals surface area contributed by atoms with Gasteiger partial charge in [0.25, 0.3) is 0 Å². The van der Waals surface area contributed by atoms with Gasteiger partial charge in [-0.3, -0.25) is 9.48 Å². The minimum absolute atomic E-state index is 0.0855. The molecule has 88 valence electrons. The minimum atomic E-state index is 0.0855. The van der Waals surface area contributed by atoms with E-state index in [2.05, 4.69) is 10.1 Å². The Hall–Kier alpha value is -1.97. The van der Waals surface area contributed by atoms with E-state index in [0.29, 0.717) is 12.2 Å². The van der Waals surface area contributed by atoms with Gasteiger partial charge >= 0.3 is 0 Å². The molecule has 0 fully saturated rings. The lowest BCUT2D eigenvalue weighted by Crippen LogP contribution is -2.10. The molecule has 1 aromatic heterocycles. The Kier molecular flexibility index (Phi) is 3.04. The number of ketones is 1. The lowest BCUT2D eigenvalue weighted by Gasteiger charge is -2.07. The molecule has 0 N–H and O–H groups in total. The lowest BCUT2D eigenvalue weighted by molar-refractivity contribution is 0.0989. The molecule has 0 aliphatic carbocycles. The maximum absolute atomic E-state index is 12.2. The van der Waals surface area contributed by atoms with Crippen LogP contribution in [0.15, 0.2) is 24.5 Å². The Morgan fingerprint density at radius 1 is 1.35 bits per heavy atom. The molecule has 0 atom stereocenters. The summed E-state index contributed by atoms with van der Waals surface area (Å²) in [5, 5.41) is 3.96. The number of rotatable bonds is 3. The van der Waals surface area contributed by atoms with Crippen LogP contribution in [0.1, 0.15) is 27.3 Å². The molecule has 0 spiro atoms. The molecule has 0 saturated carbocycles. The van der Waals surface area contributed by atoms with Crippen molar-refractivity contribution >= 4 is 5.78 Å². The highest BCUT2D eigenvalue weighted by Crippen LogP contribution is 2.14. The predicted molar refractivity (Wildman–Crippen MR) is 65.0 cm³/mol. The summed E-state index contributed by atoms with van der Waals surface area (Å²) in [7, 11) is 1.79. The van der Waals surface area contributed by atoms with Gasteiger partial charge in [0.1, 0.15) is 12.2 Å². The molecule has 0 unspecified atom stereocenters. The normalized spacial score (nSPS) is 10.5. The monoisotopic (exact) mass is 229 g/mol. The number of hydrogen-bond acceptors (Lipinski definition) is 3. The first-order chi connectivity index (χ1) is 8.09. The third-order valence-electron chi connectivity index (χ3n) is 3.03. The van der Waals surface area contributed by atoms with E-state index in [1.165, 1.54) is 6.33 Å². The number of aromatic nitrogens is 3. The number of Topliss-reactive ketones (excluding diaryl/α,β-unsaturated/α-hetero) is 1. The van der Waals surface area contributed by atoms with Crippen molar-refractivity contribution in [3.63, 3.8) is 0 Å². The highest BCUT2D eigenvalue weighted by molar-refractivity contribution is 5.98. The fourth-order valence-electron chi connectivity index (χ4n) is 1.77. The SMILES string of the molecule is Cc1cccc(C(=O)Cc2ncnn2C)c1C. The van der Waals surface area contributed by atoms with Crippen LogP contribution in [0.3, 0.4) is 0 Å². The lowest BCUT2D eigenvalue weighted by atomic mass is 9.98. The molecule has 0 bridgehead atoms. The van der Waals surface area contributed by atoms with Crippen LogP contribution in [0.5, 0.6) is 0 Å². The van der Waals surface area contributed by atoms with Crippen LogP contribution in [-0.2, 0) is 13.5 Å². The number of aryl methyl sites for hydroxylation is 2. The van der Waals surface area contributed by atoms with Crippen LogP contribution in [0, 0.1) is 13.8 Å². The molecule has 4 heteroatoms. The summed E-state index contributed by atoms with van der Waals surface area (Å²) >= 11 is 0. The van der Waals surface area contributed by atoms with E-state index >= 15 is 0 Å². The second-order valence-electron chi connectivity index (χ2n) is 4.15. The predicted octanol–water partition coefficient (Wildman–Crippen LogP) is 1.86. The quantitative estimate of drug-likeness (QED) is 0.755. The van der Waals surface area contributed by atoms with Gasteiger partial charge in [0, 0.05) is 12.6 Å². The van der Waals surface area contributed by atoms with Crippen LogP contribution in [0.2, 0.25) is 0 Å². The molecule has 17 heavy (non-hydrogen) atoms. The summed E-state index contributed by atoms with van der Waals surface area (Å²) in [6.07, 6.45) is 1.76. The van der Waals surface area contributed by atoms with Crippen molar-refractivity contribution in [1.82, 2.24) is 14.8 Å². The maximum atomic E-state index is 12.2. The van der Waals surface area contributed by atoms with Gasteiger partial charge < -0.3 is 0 Å². The van der Waals surface area contributed by atoms with Crippen LogP contribution in [0.25, 0.3) is 0 Å². The van der Waals surface area contributed by atoms with Crippen molar-refractivity contribution in [3.05, 3.63) is 47.0 Å². The standard InChI is InChI=1S/C13H15N3O/c1-9-5-4-6-11(10(9)2)12(17)7-13-14-8-15-16(13)3/h4-6,8H,7H2,1-3H3. The van der Waals surface area contributed by atoms with Gasteiger partial charge in [0.2, 0.25) is 0 Å². The van der Waals surface area contributed by atoms with Crippen LogP contribution < -0.4 is 0 Å².